The highest BCUT2D eigenvalue weighted by Crippen LogP contribution is 2.49. The Balaban J connectivity index is 1.30. The van der Waals surface area contributed by atoms with Crippen LogP contribution in [0.3, 0.4) is 0 Å². The van der Waals surface area contributed by atoms with Crippen molar-refractivity contribution in [2.75, 3.05) is 55.4 Å². The Morgan fingerprint density at radius 2 is 1.61 bits per heavy atom. The van der Waals surface area contributed by atoms with Crippen LogP contribution < -0.4 is 15.1 Å². The molecule has 6 heterocycles. The van der Waals surface area contributed by atoms with E-state index in [0.29, 0.717) is 59.2 Å². The third kappa shape index (κ3) is 6.62. The van der Waals surface area contributed by atoms with Crippen molar-refractivity contribution in [2.45, 2.75) is 96.9 Å². The van der Waals surface area contributed by atoms with Crippen LogP contribution in [-0.2, 0) is 27.4 Å². The van der Waals surface area contributed by atoms with Crippen molar-refractivity contribution in [3.8, 4) is 17.2 Å². The lowest BCUT2D eigenvalue weighted by molar-refractivity contribution is 0.0209. The Kier molecular flexibility index (Phi) is 9.28. The number of piperazine rings is 1. The van der Waals surface area contributed by atoms with Gasteiger partial charge in [0.2, 0.25) is 5.95 Å². The standard InChI is InChI=1S/C40H46F2N8O5S/c1-39(2,3)54-37(51)46-35-23(13-43)28-27(56-35)12-11-26(41)31(28)29-24-18-53-19-25(24)30-33(32(29)42)44-36(48-16-22(17-48)47(7)8)45-34(30)50-20-9-10-21(50)15-49(14-20)38(52)55-40(4,5)6/h11-12,20-22H,9-10,14-19H2,1-8H3,(H,46,51). The van der Waals surface area contributed by atoms with E-state index in [9.17, 15) is 14.9 Å². The van der Waals surface area contributed by atoms with Gasteiger partial charge in [-0.2, -0.15) is 10.2 Å². The summed E-state index contributed by atoms with van der Waals surface area (Å²) in [7, 11) is 4.02. The Morgan fingerprint density at radius 1 is 0.946 bits per heavy atom. The first-order chi connectivity index (χ1) is 26.4. The van der Waals surface area contributed by atoms with Gasteiger partial charge in [-0.25, -0.2) is 23.4 Å². The molecule has 4 aliphatic rings. The van der Waals surface area contributed by atoms with Gasteiger partial charge in [0.05, 0.1) is 24.2 Å². The number of nitrogens with one attached hydrogen (secondary N) is 1. The minimum atomic E-state index is -0.798. The first-order valence-corrected chi connectivity index (χ1v) is 19.7. The molecule has 4 aromatic rings. The molecule has 4 aliphatic heterocycles. The third-order valence-corrected chi connectivity index (χ3v) is 11.9. The number of hydrogen-bond acceptors (Lipinski definition) is 12. The summed E-state index contributed by atoms with van der Waals surface area (Å²) in [6.07, 6.45) is 0.471. The quantitative estimate of drug-likeness (QED) is 0.217. The average Bonchev–Trinajstić information content (AvgIpc) is 3.76. The summed E-state index contributed by atoms with van der Waals surface area (Å²) in [5, 5.41) is 13.9. The maximum absolute atomic E-state index is 17.8. The van der Waals surface area contributed by atoms with E-state index in [1.54, 1.807) is 25.7 Å². The fourth-order valence-corrected chi connectivity index (χ4v) is 9.31. The van der Waals surface area contributed by atoms with Crippen LogP contribution in [0.5, 0.6) is 0 Å². The lowest BCUT2D eigenvalue weighted by Crippen LogP contribution is -2.58. The largest absolute Gasteiger partial charge is 0.444 e. The lowest BCUT2D eigenvalue weighted by atomic mass is 9.90. The van der Waals surface area contributed by atoms with Crippen LogP contribution in [0.2, 0.25) is 0 Å². The van der Waals surface area contributed by atoms with Gasteiger partial charge in [-0.05, 0) is 91.7 Å². The van der Waals surface area contributed by atoms with Crippen LogP contribution in [0.1, 0.15) is 71.1 Å². The molecule has 0 aliphatic carbocycles. The summed E-state index contributed by atoms with van der Waals surface area (Å²) >= 11 is 1.08. The molecular weight excluding hydrogens is 743 g/mol. The Hall–Kier alpha value is -4.85. The molecule has 2 aromatic carbocycles. The Bertz CT molecular complexity index is 2310. The molecule has 0 radical (unpaired) electrons. The predicted octanol–water partition coefficient (Wildman–Crippen LogP) is 7.38. The second kappa shape index (κ2) is 13.7. The van der Waals surface area contributed by atoms with Crippen LogP contribution >= 0.6 is 11.3 Å². The van der Waals surface area contributed by atoms with Gasteiger partial charge in [0.15, 0.2) is 5.82 Å². The third-order valence-electron chi connectivity index (χ3n) is 10.8. The van der Waals surface area contributed by atoms with Gasteiger partial charge in [0, 0.05) is 65.5 Å². The van der Waals surface area contributed by atoms with Crippen LogP contribution in [-0.4, -0.2) is 102 Å². The number of rotatable bonds is 5. The lowest BCUT2D eigenvalue weighted by Gasteiger charge is -2.44. The van der Waals surface area contributed by atoms with E-state index in [4.69, 9.17) is 24.2 Å². The van der Waals surface area contributed by atoms with Crippen molar-refractivity contribution in [2.24, 2.45) is 0 Å². The molecule has 3 saturated heterocycles. The number of fused-ring (bicyclic) bond motifs is 6. The van der Waals surface area contributed by atoms with Crippen molar-refractivity contribution in [3.63, 3.8) is 0 Å². The van der Waals surface area contributed by atoms with E-state index in [1.165, 1.54) is 12.1 Å². The van der Waals surface area contributed by atoms with Gasteiger partial charge in [-0.1, -0.05) is 0 Å². The zero-order valence-corrected chi connectivity index (χ0v) is 33.7. The maximum atomic E-state index is 17.8. The number of ether oxygens (including phenoxy) is 3. The number of benzene rings is 2. The van der Waals surface area contributed by atoms with Gasteiger partial charge >= 0.3 is 12.2 Å². The monoisotopic (exact) mass is 788 g/mol. The number of anilines is 3. The highest BCUT2D eigenvalue weighted by molar-refractivity contribution is 7.23. The molecule has 0 spiro atoms. The number of hydrogen-bond donors (Lipinski definition) is 1. The maximum Gasteiger partial charge on any atom is 0.412 e. The van der Waals surface area contributed by atoms with Crippen molar-refractivity contribution >= 4 is 61.3 Å². The first kappa shape index (κ1) is 38.0. The van der Waals surface area contributed by atoms with Gasteiger partial charge in [-0.3, -0.25) is 5.32 Å². The molecule has 0 saturated carbocycles. The SMILES string of the molecule is CN(C)C1CN(c2nc(N3C4CCC3CN(C(=O)OC(C)(C)C)C4)c3c4c(c(-c5c(F)ccc6sc(NC(=O)OC(C)(C)C)c(C#N)c56)c(F)c3n2)COC4)C1. The van der Waals surface area contributed by atoms with Gasteiger partial charge in [0.1, 0.15) is 39.4 Å². The molecule has 3 fully saturated rings. The summed E-state index contributed by atoms with van der Waals surface area (Å²) < 4.78 is 51.9. The van der Waals surface area contributed by atoms with E-state index >= 15 is 8.78 Å². The van der Waals surface area contributed by atoms with E-state index in [-0.39, 0.29) is 70.0 Å². The number of thiophene rings is 1. The Morgan fingerprint density at radius 3 is 2.23 bits per heavy atom. The van der Waals surface area contributed by atoms with Crippen LogP contribution in [0.15, 0.2) is 12.1 Å². The molecule has 2 amide bonds. The predicted molar refractivity (Wildman–Crippen MR) is 210 cm³/mol. The molecule has 2 atom stereocenters. The molecule has 2 aromatic heterocycles. The van der Waals surface area contributed by atoms with Crippen molar-refractivity contribution in [1.29, 1.82) is 5.26 Å². The molecule has 16 heteroatoms. The van der Waals surface area contributed by atoms with Crippen molar-refractivity contribution < 1.29 is 32.6 Å². The number of carbonyl (C=O) groups is 2. The van der Waals surface area contributed by atoms with Crippen LogP contribution in [0.4, 0.5) is 35.1 Å². The Labute approximate surface area is 328 Å². The number of carbonyl (C=O) groups excluding carboxylic acids is 2. The second-order valence-corrected chi connectivity index (χ2v) is 18.3. The van der Waals surface area contributed by atoms with Gasteiger partial charge in [0.25, 0.3) is 0 Å². The zero-order chi connectivity index (χ0) is 40.0. The molecular formula is C40H46F2N8O5S. The van der Waals surface area contributed by atoms with Gasteiger partial charge in [-0.15, -0.1) is 11.3 Å². The second-order valence-electron chi connectivity index (χ2n) is 17.3. The minimum Gasteiger partial charge on any atom is -0.444 e. The fourth-order valence-electron chi connectivity index (χ4n) is 8.26. The van der Waals surface area contributed by atoms with E-state index < -0.39 is 28.9 Å². The summed E-state index contributed by atoms with van der Waals surface area (Å²) in [5.74, 6) is -0.552. The molecule has 1 N–H and O–H groups in total. The van der Waals surface area contributed by atoms with Crippen molar-refractivity contribution in [3.05, 3.63) is 40.5 Å². The van der Waals surface area contributed by atoms with Crippen LogP contribution in [0, 0.1) is 23.0 Å². The molecule has 2 bridgehead atoms. The molecule has 8 rings (SSSR count). The molecule has 296 valence electrons. The number of halogens is 2. The number of nitrogens with zero attached hydrogens (tertiary/aromatic N) is 7. The van der Waals surface area contributed by atoms with Gasteiger partial charge < -0.3 is 33.8 Å². The molecule has 56 heavy (non-hydrogen) atoms. The number of amides is 2. The highest BCUT2D eigenvalue weighted by atomic mass is 32.1. The van der Waals surface area contributed by atoms with Crippen LogP contribution in [0.25, 0.3) is 32.1 Å². The average molecular weight is 789 g/mol. The zero-order valence-electron chi connectivity index (χ0n) is 32.9. The molecule has 13 nitrogen and oxygen atoms in total. The number of aromatic nitrogens is 2. The highest BCUT2D eigenvalue weighted by Gasteiger charge is 2.45. The summed E-state index contributed by atoms with van der Waals surface area (Å²) in [6, 6.07) is 4.95. The smallest absolute Gasteiger partial charge is 0.412 e. The normalized spacial score (nSPS) is 19.8. The molecule has 2 unspecified atom stereocenters. The minimum absolute atomic E-state index is 0.000492. The number of likely N-dealkylation sites (N-methyl/N-ethyl adjacent to an activating group) is 1. The summed E-state index contributed by atoms with van der Waals surface area (Å²) in [4.78, 5) is 44.2. The van der Waals surface area contributed by atoms with Crippen molar-refractivity contribution in [1.82, 2.24) is 19.8 Å². The fraction of sp³-hybridized carbons (Fsp3) is 0.525. The number of likely N-dealkylation sites (tertiary alicyclic amines) is 1. The summed E-state index contributed by atoms with van der Waals surface area (Å²) in [5.41, 5.74) is -0.439. The van der Waals surface area contributed by atoms with E-state index in [2.05, 4.69) is 21.2 Å². The van der Waals surface area contributed by atoms with E-state index in [0.717, 1.165) is 24.2 Å². The topological polar surface area (TPSA) is 136 Å². The summed E-state index contributed by atoms with van der Waals surface area (Å²) in [6.45, 7) is 12.9. The first-order valence-electron chi connectivity index (χ1n) is 18.9. The van der Waals surface area contributed by atoms with E-state index in [1.807, 2.05) is 39.8 Å². The number of nitriles is 1.